The van der Waals surface area contributed by atoms with Crippen LogP contribution in [0.3, 0.4) is 0 Å². The maximum absolute atomic E-state index is 3.48. The van der Waals surface area contributed by atoms with Crippen molar-refractivity contribution in [3.63, 3.8) is 0 Å². The van der Waals surface area contributed by atoms with Crippen molar-refractivity contribution in [2.24, 2.45) is 0 Å². The minimum Gasteiger partial charge on any atom is -0.312 e. The third-order valence-corrected chi connectivity index (χ3v) is 2.49. The normalized spacial score (nSPS) is 12.5. The van der Waals surface area contributed by atoms with Crippen LogP contribution in [0.15, 0.2) is 0 Å². The Morgan fingerprint density at radius 1 is 1.18 bits per heavy atom. The van der Waals surface area contributed by atoms with Gasteiger partial charge in [0.15, 0.2) is 0 Å². The molecule has 0 rings (SSSR count). The Morgan fingerprint density at radius 3 is 2.09 bits per heavy atom. The number of rotatable bonds is 4. The largest absolute Gasteiger partial charge is 0.312 e. The third-order valence-electron chi connectivity index (χ3n) is 1.38. The molecule has 0 bridgehead atoms. The lowest BCUT2D eigenvalue weighted by Crippen LogP contribution is -2.36. The van der Waals surface area contributed by atoms with E-state index in [1.807, 2.05) is 0 Å². The van der Waals surface area contributed by atoms with Crippen molar-refractivity contribution in [3.8, 4) is 0 Å². The summed E-state index contributed by atoms with van der Waals surface area (Å²) in [4.78, 5) is 0. The SMILES string of the molecule is C[S+](C)CCCNC(C)(C)C. The van der Waals surface area contributed by atoms with Gasteiger partial charge in [0.2, 0.25) is 0 Å². The molecule has 0 spiro atoms. The molecule has 1 N–H and O–H groups in total. The van der Waals surface area contributed by atoms with Gasteiger partial charge >= 0.3 is 0 Å². The zero-order valence-electron chi connectivity index (χ0n) is 8.53. The highest BCUT2D eigenvalue weighted by atomic mass is 32.2. The summed E-state index contributed by atoms with van der Waals surface area (Å²) < 4.78 is 0. The van der Waals surface area contributed by atoms with Crippen molar-refractivity contribution in [2.45, 2.75) is 32.7 Å². The molecule has 0 saturated heterocycles. The van der Waals surface area contributed by atoms with Gasteiger partial charge in [0.1, 0.15) is 5.75 Å². The Balaban J connectivity index is 3.15. The molecule has 0 radical (unpaired) electrons. The molecule has 0 aromatic heterocycles. The summed E-state index contributed by atoms with van der Waals surface area (Å²) in [6.07, 6.45) is 5.92. The van der Waals surface area contributed by atoms with Crippen LogP contribution in [-0.4, -0.2) is 30.3 Å². The van der Waals surface area contributed by atoms with Gasteiger partial charge in [0.25, 0.3) is 0 Å². The average molecular weight is 176 g/mol. The Bertz CT molecular complexity index is 94.2. The first-order chi connectivity index (χ1) is 4.92. The van der Waals surface area contributed by atoms with E-state index in [-0.39, 0.29) is 0 Å². The number of hydrogen-bond donors (Lipinski definition) is 1. The smallest absolute Gasteiger partial charge is 0.108 e. The summed E-state index contributed by atoms with van der Waals surface area (Å²) in [5.74, 6) is 1.36. The molecule has 0 aromatic rings. The molecule has 1 nitrogen and oxygen atoms in total. The minimum absolute atomic E-state index is 0.292. The Morgan fingerprint density at radius 2 is 1.73 bits per heavy atom. The molecule has 11 heavy (non-hydrogen) atoms. The molecule has 0 aromatic carbocycles. The summed E-state index contributed by atoms with van der Waals surface area (Å²) in [6.45, 7) is 7.80. The summed E-state index contributed by atoms with van der Waals surface area (Å²) in [7, 11) is 0.616. The van der Waals surface area contributed by atoms with Gasteiger partial charge < -0.3 is 5.32 Å². The van der Waals surface area contributed by atoms with Crippen LogP contribution in [0.5, 0.6) is 0 Å². The predicted molar refractivity (Wildman–Crippen MR) is 56.5 cm³/mol. The average Bonchev–Trinajstić information content (AvgIpc) is 1.78. The van der Waals surface area contributed by atoms with E-state index >= 15 is 0 Å². The lowest BCUT2D eigenvalue weighted by Gasteiger charge is -2.19. The molecule has 0 heterocycles. The van der Waals surface area contributed by atoms with Crippen LogP contribution in [0.2, 0.25) is 0 Å². The van der Waals surface area contributed by atoms with Crippen LogP contribution in [0, 0.1) is 0 Å². The Kier molecular flexibility index (Phi) is 5.19. The van der Waals surface area contributed by atoms with Crippen molar-refractivity contribution < 1.29 is 0 Å². The second-order valence-electron chi connectivity index (χ2n) is 4.22. The van der Waals surface area contributed by atoms with E-state index in [4.69, 9.17) is 0 Å². The number of hydrogen-bond acceptors (Lipinski definition) is 1. The quantitative estimate of drug-likeness (QED) is 0.507. The second-order valence-corrected chi connectivity index (χ2v) is 6.60. The van der Waals surface area contributed by atoms with E-state index in [0.29, 0.717) is 16.4 Å². The first-order valence-corrected chi connectivity index (χ1v) is 6.42. The maximum atomic E-state index is 3.48. The van der Waals surface area contributed by atoms with Gasteiger partial charge in [-0.05, 0) is 31.7 Å². The van der Waals surface area contributed by atoms with Gasteiger partial charge in [-0.2, -0.15) is 0 Å². The fourth-order valence-electron chi connectivity index (χ4n) is 0.824. The predicted octanol–water partition coefficient (Wildman–Crippen LogP) is 1.64. The number of nitrogens with one attached hydrogen (secondary N) is 1. The molecule has 0 aliphatic rings. The summed E-state index contributed by atoms with van der Waals surface area (Å²) in [6, 6.07) is 0. The zero-order chi connectivity index (χ0) is 8.91. The van der Waals surface area contributed by atoms with Gasteiger partial charge in [0, 0.05) is 18.5 Å². The van der Waals surface area contributed by atoms with Crippen molar-refractivity contribution in [1.82, 2.24) is 5.32 Å². The van der Waals surface area contributed by atoms with Gasteiger partial charge in [-0.15, -0.1) is 0 Å². The standard InChI is InChI=1S/C9H22NS/c1-9(2,3)10-7-6-8-11(4)5/h10H,6-8H2,1-5H3/q+1. The minimum atomic E-state index is 0.292. The molecule has 0 atom stereocenters. The molecular weight excluding hydrogens is 154 g/mol. The van der Waals surface area contributed by atoms with Crippen LogP contribution < -0.4 is 5.32 Å². The highest BCUT2D eigenvalue weighted by Crippen LogP contribution is 1.98. The lowest BCUT2D eigenvalue weighted by molar-refractivity contribution is 0.427. The van der Waals surface area contributed by atoms with Crippen molar-refractivity contribution in [2.75, 3.05) is 24.8 Å². The van der Waals surface area contributed by atoms with Crippen molar-refractivity contribution >= 4 is 10.9 Å². The van der Waals surface area contributed by atoms with Crippen LogP contribution >= 0.6 is 0 Å². The lowest BCUT2D eigenvalue weighted by atomic mass is 10.1. The molecule has 0 fully saturated rings. The molecule has 0 aliphatic carbocycles. The van der Waals surface area contributed by atoms with Crippen LogP contribution in [0.1, 0.15) is 27.2 Å². The molecule has 0 amide bonds. The first-order valence-electron chi connectivity index (χ1n) is 4.21. The van der Waals surface area contributed by atoms with E-state index in [0.717, 1.165) is 6.54 Å². The Labute approximate surface area is 74.3 Å². The highest BCUT2D eigenvalue weighted by Gasteiger charge is 2.08. The molecular formula is C9H22NS+. The van der Waals surface area contributed by atoms with E-state index in [9.17, 15) is 0 Å². The van der Waals surface area contributed by atoms with E-state index in [2.05, 4.69) is 38.6 Å². The maximum Gasteiger partial charge on any atom is 0.108 e. The fraction of sp³-hybridized carbons (Fsp3) is 1.00. The molecule has 68 valence electrons. The topological polar surface area (TPSA) is 12.0 Å². The summed E-state index contributed by atoms with van der Waals surface area (Å²) in [5.41, 5.74) is 0.292. The fourth-order valence-corrected chi connectivity index (χ4v) is 1.55. The van der Waals surface area contributed by atoms with Gasteiger partial charge in [-0.25, -0.2) is 0 Å². The molecule has 0 saturated carbocycles. The van der Waals surface area contributed by atoms with Crippen molar-refractivity contribution in [1.29, 1.82) is 0 Å². The monoisotopic (exact) mass is 176 g/mol. The van der Waals surface area contributed by atoms with E-state index in [1.54, 1.807) is 0 Å². The van der Waals surface area contributed by atoms with Crippen molar-refractivity contribution in [3.05, 3.63) is 0 Å². The van der Waals surface area contributed by atoms with Gasteiger partial charge in [-0.3, -0.25) is 0 Å². The van der Waals surface area contributed by atoms with E-state index in [1.165, 1.54) is 12.2 Å². The second kappa shape index (κ2) is 5.04. The Hall–Kier alpha value is 0.310. The van der Waals surface area contributed by atoms with Crippen LogP contribution in [-0.2, 0) is 10.9 Å². The first kappa shape index (κ1) is 11.3. The van der Waals surface area contributed by atoms with Crippen LogP contribution in [0.4, 0.5) is 0 Å². The molecule has 0 unspecified atom stereocenters. The van der Waals surface area contributed by atoms with Gasteiger partial charge in [0.05, 0.1) is 12.5 Å². The summed E-state index contributed by atoms with van der Waals surface area (Å²) in [5, 5.41) is 3.48. The highest BCUT2D eigenvalue weighted by molar-refractivity contribution is 7.95. The molecule has 2 heteroatoms. The third kappa shape index (κ3) is 10.3. The zero-order valence-corrected chi connectivity index (χ0v) is 9.35. The van der Waals surface area contributed by atoms with E-state index < -0.39 is 0 Å². The molecule has 0 aliphatic heterocycles. The van der Waals surface area contributed by atoms with Gasteiger partial charge in [-0.1, -0.05) is 0 Å². The van der Waals surface area contributed by atoms with Crippen LogP contribution in [0.25, 0.3) is 0 Å². The summed E-state index contributed by atoms with van der Waals surface area (Å²) >= 11 is 0.